The molecule has 0 radical (unpaired) electrons. The second-order valence-corrected chi connectivity index (χ2v) is 4.31. The molecule has 0 amide bonds. The standard InChI is InChI=1S/C10H8IN3O/c1-7-10(6-15)12-13-14(7)9-4-2-8(11)3-5-9/h2-6H,1H3. The SMILES string of the molecule is Cc1c(C=O)nnn1-c1ccc(I)cc1. The predicted octanol–water partition coefficient (Wildman–Crippen LogP) is 1.99. The molecule has 0 atom stereocenters. The Morgan fingerprint density at radius 1 is 1.33 bits per heavy atom. The summed E-state index contributed by atoms with van der Waals surface area (Å²) in [5, 5.41) is 7.70. The van der Waals surface area contributed by atoms with E-state index >= 15 is 0 Å². The fraction of sp³-hybridized carbons (Fsp3) is 0.100. The van der Waals surface area contributed by atoms with Gasteiger partial charge in [-0.15, -0.1) is 5.10 Å². The maximum absolute atomic E-state index is 10.6. The summed E-state index contributed by atoms with van der Waals surface area (Å²) in [7, 11) is 0. The van der Waals surface area contributed by atoms with Gasteiger partial charge in [-0.1, -0.05) is 5.21 Å². The highest BCUT2D eigenvalue weighted by Crippen LogP contribution is 2.13. The average Bonchev–Trinajstić information content (AvgIpc) is 2.61. The van der Waals surface area contributed by atoms with Gasteiger partial charge >= 0.3 is 0 Å². The van der Waals surface area contributed by atoms with Crippen molar-refractivity contribution < 1.29 is 4.79 Å². The first-order valence-corrected chi connectivity index (χ1v) is 5.43. The van der Waals surface area contributed by atoms with Gasteiger partial charge in [-0.2, -0.15) is 0 Å². The lowest BCUT2D eigenvalue weighted by Gasteiger charge is -2.02. The molecule has 5 heteroatoms. The molecule has 76 valence electrons. The van der Waals surface area contributed by atoms with E-state index in [1.54, 1.807) is 4.68 Å². The first kappa shape index (κ1) is 10.3. The van der Waals surface area contributed by atoms with Gasteiger partial charge in [0.1, 0.15) is 5.69 Å². The lowest BCUT2D eigenvalue weighted by atomic mass is 10.3. The zero-order valence-electron chi connectivity index (χ0n) is 8.01. The summed E-state index contributed by atoms with van der Waals surface area (Å²) in [4.78, 5) is 10.6. The molecule has 2 aromatic rings. The number of hydrogen-bond acceptors (Lipinski definition) is 3. The number of nitrogens with zero attached hydrogens (tertiary/aromatic N) is 3. The highest BCUT2D eigenvalue weighted by molar-refractivity contribution is 14.1. The summed E-state index contributed by atoms with van der Waals surface area (Å²) in [5.41, 5.74) is 2.05. The molecule has 0 fully saturated rings. The van der Waals surface area contributed by atoms with Gasteiger partial charge in [-0.05, 0) is 53.8 Å². The average molecular weight is 313 g/mol. The van der Waals surface area contributed by atoms with Crippen LogP contribution in [0.15, 0.2) is 24.3 Å². The molecular formula is C10H8IN3O. The molecule has 0 spiro atoms. The summed E-state index contributed by atoms with van der Waals surface area (Å²) in [5.74, 6) is 0. The Labute approximate surface area is 100 Å². The Morgan fingerprint density at radius 3 is 2.53 bits per heavy atom. The van der Waals surface area contributed by atoms with Gasteiger partial charge in [-0.25, -0.2) is 4.68 Å². The van der Waals surface area contributed by atoms with E-state index in [1.807, 2.05) is 31.2 Å². The summed E-state index contributed by atoms with van der Waals surface area (Å²) < 4.78 is 2.81. The van der Waals surface area contributed by atoms with Gasteiger partial charge < -0.3 is 0 Å². The maximum atomic E-state index is 10.6. The number of aromatic nitrogens is 3. The van der Waals surface area contributed by atoms with Gasteiger partial charge in [0.2, 0.25) is 0 Å². The van der Waals surface area contributed by atoms with E-state index in [0.717, 1.165) is 15.0 Å². The number of halogens is 1. The third-order valence-electron chi connectivity index (χ3n) is 2.11. The number of rotatable bonds is 2. The van der Waals surface area contributed by atoms with Crippen molar-refractivity contribution in [2.24, 2.45) is 0 Å². The lowest BCUT2D eigenvalue weighted by molar-refractivity contribution is 0.111. The van der Waals surface area contributed by atoms with Gasteiger partial charge in [0.15, 0.2) is 6.29 Å². The van der Waals surface area contributed by atoms with Crippen LogP contribution in [0.1, 0.15) is 16.2 Å². The second-order valence-electron chi connectivity index (χ2n) is 3.07. The van der Waals surface area contributed by atoms with Crippen LogP contribution in [0.5, 0.6) is 0 Å². The minimum absolute atomic E-state index is 0.383. The summed E-state index contributed by atoms with van der Waals surface area (Å²) in [6.45, 7) is 1.82. The normalized spacial score (nSPS) is 10.3. The predicted molar refractivity (Wildman–Crippen MR) is 64.2 cm³/mol. The molecule has 0 bridgehead atoms. The molecule has 0 N–H and O–H groups in total. The second kappa shape index (κ2) is 4.09. The molecule has 1 aromatic heterocycles. The van der Waals surface area contributed by atoms with Crippen LogP contribution in [0.4, 0.5) is 0 Å². The molecular weight excluding hydrogens is 305 g/mol. The van der Waals surface area contributed by atoms with E-state index in [4.69, 9.17) is 0 Å². The Balaban J connectivity index is 2.49. The number of carbonyl (C=O) groups is 1. The van der Waals surface area contributed by atoms with Crippen LogP contribution in [0.3, 0.4) is 0 Å². The van der Waals surface area contributed by atoms with Crippen molar-refractivity contribution in [2.45, 2.75) is 6.92 Å². The molecule has 0 aliphatic carbocycles. The Kier molecular flexibility index (Phi) is 2.81. The number of hydrogen-bond donors (Lipinski definition) is 0. The monoisotopic (exact) mass is 313 g/mol. The van der Waals surface area contributed by atoms with Crippen molar-refractivity contribution in [3.8, 4) is 5.69 Å². The fourth-order valence-electron chi connectivity index (χ4n) is 1.28. The van der Waals surface area contributed by atoms with E-state index in [1.165, 1.54) is 0 Å². The van der Waals surface area contributed by atoms with Crippen LogP contribution in [0.25, 0.3) is 5.69 Å². The molecule has 0 saturated carbocycles. The molecule has 0 aliphatic rings. The molecule has 1 aromatic carbocycles. The summed E-state index contributed by atoms with van der Waals surface area (Å²) >= 11 is 2.24. The van der Waals surface area contributed by atoms with Crippen molar-refractivity contribution in [1.29, 1.82) is 0 Å². The van der Waals surface area contributed by atoms with E-state index in [2.05, 4.69) is 32.9 Å². The Morgan fingerprint density at radius 2 is 2.00 bits per heavy atom. The molecule has 15 heavy (non-hydrogen) atoms. The van der Waals surface area contributed by atoms with E-state index < -0.39 is 0 Å². The van der Waals surface area contributed by atoms with Gasteiger partial charge in [0.25, 0.3) is 0 Å². The molecule has 0 saturated heterocycles. The highest BCUT2D eigenvalue weighted by atomic mass is 127. The quantitative estimate of drug-likeness (QED) is 0.629. The van der Waals surface area contributed by atoms with Crippen LogP contribution in [-0.2, 0) is 0 Å². The van der Waals surface area contributed by atoms with Crippen LogP contribution in [-0.4, -0.2) is 21.3 Å². The third kappa shape index (κ3) is 1.92. The molecule has 0 aliphatic heterocycles. The molecule has 2 rings (SSSR count). The fourth-order valence-corrected chi connectivity index (χ4v) is 1.64. The van der Waals surface area contributed by atoms with Gasteiger partial charge in [0, 0.05) is 3.57 Å². The number of benzene rings is 1. The largest absolute Gasteiger partial charge is 0.296 e. The number of carbonyl (C=O) groups excluding carboxylic acids is 1. The van der Waals surface area contributed by atoms with Crippen LogP contribution in [0, 0.1) is 10.5 Å². The van der Waals surface area contributed by atoms with Crippen molar-refractivity contribution in [1.82, 2.24) is 15.0 Å². The summed E-state index contributed by atoms with van der Waals surface area (Å²) in [6.07, 6.45) is 0.714. The molecule has 0 unspecified atom stereocenters. The van der Waals surface area contributed by atoms with Crippen molar-refractivity contribution >= 4 is 28.9 Å². The Hall–Kier alpha value is -1.24. The molecule has 4 nitrogen and oxygen atoms in total. The smallest absolute Gasteiger partial charge is 0.172 e. The third-order valence-corrected chi connectivity index (χ3v) is 2.83. The van der Waals surface area contributed by atoms with Crippen LogP contribution in [0.2, 0.25) is 0 Å². The zero-order chi connectivity index (χ0) is 10.8. The maximum Gasteiger partial charge on any atom is 0.172 e. The van der Waals surface area contributed by atoms with E-state index in [-0.39, 0.29) is 0 Å². The Bertz CT molecular complexity index is 490. The molecule has 1 heterocycles. The first-order chi connectivity index (χ1) is 7.22. The van der Waals surface area contributed by atoms with Gasteiger partial charge in [-0.3, -0.25) is 4.79 Å². The van der Waals surface area contributed by atoms with E-state index in [9.17, 15) is 4.79 Å². The summed E-state index contributed by atoms with van der Waals surface area (Å²) in [6, 6.07) is 7.85. The lowest BCUT2D eigenvalue weighted by Crippen LogP contribution is -1.99. The minimum Gasteiger partial charge on any atom is -0.296 e. The van der Waals surface area contributed by atoms with Crippen molar-refractivity contribution in [3.05, 3.63) is 39.2 Å². The van der Waals surface area contributed by atoms with Crippen LogP contribution < -0.4 is 0 Å². The zero-order valence-corrected chi connectivity index (χ0v) is 10.2. The minimum atomic E-state index is 0.383. The van der Waals surface area contributed by atoms with E-state index in [0.29, 0.717) is 12.0 Å². The van der Waals surface area contributed by atoms with Crippen molar-refractivity contribution in [2.75, 3.05) is 0 Å². The first-order valence-electron chi connectivity index (χ1n) is 4.36. The van der Waals surface area contributed by atoms with Crippen LogP contribution >= 0.6 is 22.6 Å². The highest BCUT2D eigenvalue weighted by Gasteiger charge is 2.08. The van der Waals surface area contributed by atoms with Crippen molar-refractivity contribution in [3.63, 3.8) is 0 Å². The topological polar surface area (TPSA) is 47.8 Å². The number of aldehydes is 1. The van der Waals surface area contributed by atoms with Gasteiger partial charge in [0.05, 0.1) is 11.4 Å².